The molecular formula is C15H22N2O3S. The summed E-state index contributed by atoms with van der Waals surface area (Å²) >= 11 is 1.36. The zero-order chi connectivity index (χ0) is 15.3. The fraction of sp³-hybridized carbons (Fsp3) is 0.600. The molecule has 1 aliphatic heterocycles. The molecule has 6 heteroatoms. The Morgan fingerprint density at radius 1 is 1.43 bits per heavy atom. The smallest absolute Gasteiger partial charge is 0.261 e. The van der Waals surface area contributed by atoms with Crippen molar-refractivity contribution in [2.45, 2.75) is 26.2 Å². The predicted octanol–water partition coefficient (Wildman–Crippen LogP) is 1.49. The lowest BCUT2D eigenvalue weighted by atomic mass is 9.77. The van der Waals surface area contributed by atoms with Crippen LogP contribution in [0.2, 0.25) is 0 Å². The maximum absolute atomic E-state index is 12.1. The molecule has 2 heterocycles. The third kappa shape index (κ3) is 3.83. The molecule has 116 valence electrons. The monoisotopic (exact) mass is 310 g/mol. The van der Waals surface area contributed by atoms with E-state index in [4.69, 9.17) is 0 Å². The number of hydrogen-bond donors (Lipinski definition) is 2. The van der Waals surface area contributed by atoms with Crippen LogP contribution in [0.3, 0.4) is 0 Å². The Morgan fingerprint density at radius 3 is 2.67 bits per heavy atom. The van der Waals surface area contributed by atoms with Crippen molar-refractivity contribution in [1.82, 2.24) is 10.2 Å². The van der Waals surface area contributed by atoms with Gasteiger partial charge in [-0.2, -0.15) is 0 Å². The van der Waals surface area contributed by atoms with Gasteiger partial charge in [0, 0.05) is 19.7 Å². The fourth-order valence-corrected chi connectivity index (χ4v) is 3.26. The molecule has 2 N–H and O–H groups in total. The number of carbonyl (C=O) groups excluding carboxylic acids is 2. The topological polar surface area (TPSA) is 69.6 Å². The summed E-state index contributed by atoms with van der Waals surface area (Å²) in [6, 6.07) is 3.55. The van der Waals surface area contributed by atoms with E-state index in [1.165, 1.54) is 11.3 Å². The number of carbonyl (C=O) groups is 2. The Kier molecular flexibility index (Phi) is 5.36. The largest absolute Gasteiger partial charge is 0.396 e. The van der Waals surface area contributed by atoms with E-state index in [2.05, 4.69) is 12.2 Å². The normalized spacial score (nSPS) is 17.5. The van der Waals surface area contributed by atoms with Gasteiger partial charge in [-0.05, 0) is 36.1 Å². The maximum Gasteiger partial charge on any atom is 0.261 e. The van der Waals surface area contributed by atoms with E-state index in [1.807, 2.05) is 11.4 Å². The van der Waals surface area contributed by atoms with Crippen LogP contribution in [0, 0.1) is 5.41 Å². The van der Waals surface area contributed by atoms with Crippen molar-refractivity contribution in [1.29, 1.82) is 0 Å². The summed E-state index contributed by atoms with van der Waals surface area (Å²) in [6.07, 6.45) is 2.58. The van der Waals surface area contributed by atoms with E-state index < -0.39 is 0 Å². The van der Waals surface area contributed by atoms with E-state index in [9.17, 15) is 14.7 Å². The minimum Gasteiger partial charge on any atom is -0.396 e. The van der Waals surface area contributed by atoms with Gasteiger partial charge in [0.15, 0.2) is 0 Å². The molecule has 0 bridgehead atoms. The van der Waals surface area contributed by atoms with Crippen LogP contribution < -0.4 is 5.32 Å². The van der Waals surface area contributed by atoms with Crippen LogP contribution >= 0.6 is 11.3 Å². The Bertz CT molecular complexity index is 473. The Balaban J connectivity index is 1.79. The standard InChI is InChI=1S/C15H22N2O3S/c1-2-15(11-18)5-7-17(8-6-15)13(19)10-16-14(20)12-4-3-9-21-12/h3-4,9,18H,2,5-8,10-11H2,1H3,(H,16,20). The van der Waals surface area contributed by atoms with E-state index in [-0.39, 0.29) is 30.4 Å². The summed E-state index contributed by atoms with van der Waals surface area (Å²) in [5, 5.41) is 14.0. The zero-order valence-corrected chi connectivity index (χ0v) is 13.1. The van der Waals surface area contributed by atoms with Crippen molar-refractivity contribution in [2.24, 2.45) is 5.41 Å². The number of likely N-dealkylation sites (tertiary alicyclic amines) is 1. The summed E-state index contributed by atoms with van der Waals surface area (Å²) in [5.41, 5.74) is -0.0308. The second-order valence-electron chi connectivity index (χ2n) is 5.55. The molecule has 0 aromatic carbocycles. The molecule has 1 fully saturated rings. The van der Waals surface area contributed by atoms with Crippen LogP contribution in [0.15, 0.2) is 17.5 Å². The number of aliphatic hydroxyl groups is 1. The van der Waals surface area contributed by atoms with Gasteiger partial charge in [-0.3, -0.25) is 9.59 Å². The number of aliphatic hydroxyl groups excluding tert-OH is 1. The molecular weight excluding hydrogens is 288 g/mol. The van der Waals surface area contributed by atoms with Crippen LogP contribution in [0.1, 0.15) is 35.9 Å². The highest BCUT2D eigenvalue weighted by atomic mass is 32.1. The minimum atomic E-state index is -0.200. The number of hydrogen-bond acceptors (Lipinski definition) is 4. The molecule has 0 aliphatic carbocycles. The van der Waals surface area contributed by atoms with Crippen molar-refractivity contribution < 1.29 is 14.7 Å². The number of thiophene rings is 1. The molecule has 1 saturated heterocycles. The van der Waals surface area contributed by atoms with Gasteiger partial charge in [-0.1, -0.05) is 13.0 Å². The van der Waals surface area contributed by atoms with Gasteiger partial charge in [0.25, 0.3) is 5.91 Å². The number of nitrogens with one attached hydrogen (secondary N) is 1. The zero-order valence-electron chi connectivity index (χ0n) is 12.3. The van der Waals surface area contributed by atoms with E-state index in [0.717, 1.165) is 19.3 Å². The molecule has 0 unspecified atom stereocenters. The SMILES string of the molecule is CCC1(CO)CCN(C(=O)CNC(=O)c2cccs2)CC1. The van der Waals surface area contributed by atoms with Gasteiger partial charge in [0.2, 0.25) is 5.91 Å². The second kappa shape index (κ2) is 7.04. The lowest BCUT2D eigenvalue weighted by Gasteiger charge is -2.40. The van der Waals surface area contributed by atoms with E-state index in [1.54, 1.807) is 11.0 Å². The number of nitrogens with zero attached hydrogens (tertiary/aromatic N) is 1. The highest BCUT2D eigenvalue weighted by Crippen LogP contribution is 2.34. The molecule has 1 aliphatic rings. The highest BCUT2D eigenvalue weighted by molar-refractivity contribution is 7.12. The number of rotatable bonds is 5. The average molecular weight is 310 g/mol. The van der Waals surface area contributed by atoms with Crippen molar-refractivity contribution in [3.63, 3.8) is 0 Å². The molecule has 0 saturated carbocycles. The second-order valence-corrected chi connectivity index (χ2v) is 6.50. The summed E-state index contributed by atoms with van der Waals surface area (Å²) in [6.45, 7) is 3.61. The van der Waals surface area contributed by atoms with E-state index >= 15 is 0 Å². The molecule has 2 rings (SSSR count). The van der Waals surface area contributed by atoms with Crippen LogP contribution in [-0.4, -0.2) is 48.1 Å². The average Bonchev–Trinajstić information content (AvgIpc) is 3.07. The lowest BCUT2D eigenvalue weighted by molar-refractivity contribution is -0.133. The first kappa shape index (κ1) is 16.0. The summed E-state index contributed by atoms with van der Waals surface area (Å²) in [7, 11) is 0. The Hall–Kier alpha value is -1.40. The maximum atomic E-state index is 12.1. The lowest BCUT2D eigenvalue weighted by Crippen LogP contribution is -2.47. The first-order chi connectivity index (χ1) is 10.1. The number of piperidine rings is 1. The first-order valence-electron chi connectivity index (χ1n) is 7.30. The van der Waals surface area contributed by atoms with Crippen LogP contribution in [0.25, 0.3) is 0 Å². The van der Waals surface area contributed by atoms with Gasteiger partial charge in [0.1, 0.15) is 0 Å². The van der Waals surface area contributed by atoms with Gasteiger partial charge in [-0.15, -0.1) is 11.3 Å². The minimum absolute atomic E-state index is 0.0308. The van der Waals surface area contributed by atoms with Crippen molar-refractivity contribution in [2.75, 3.05) is 26.2 Å². The van der Waals surface area contributed by atoms with Gasteiger partial charge >= 0.3 is 0 Å². The third-order valence-electron chi connectivity index (χ3n) is 4.41. The van der Waals surface area contributed by atoms with Crippen LogP contribution in [-0.2, 0) is 4.79 Å². The predicted molar refractivity (Wildman–Crippen MR) is 82.3 cm³/mol. The molecule has 0 spiro atoms. The summed E-state index contributed by atoms with van der Waals surface area (Å²) in [5.74, 6) is -0.254. The highest BCUT2D eigenvalue weighted by Gasteiger charge is 2.33. The molecule has 0 atom stereocenters. The molecule has 1 aromatic rings. The third-order valence-corrected chi connectivity index (χ3v) is 5.28. The Morgan fingerprint density at radius 2 is 2.14 bits per heavy atom. The van der Waals surface area contributed by atoms with Crippen molar-refractivity contribution in [3.8, 4) is 0 Å². The van der Waals surface area contributed by atoms with Crippen LogP contribution in [0.4, 0.5) is 0 Å². The van der Waals surface area contributed by atoms with Gasteiger partial charge < -0.3 is 15.3 Å². The summed E-state index contributed by atoms with van der Waals surface area (Å²) in [4.78, 5) is 26.3. The summed E-state index contributed by atoms with van der Waals surface area (Å²) < 4.78 is 0. The molecule has 5 nitrogen and oxygen atoms in total. The van der Waals surface area contributed by atoms with E-state index in [0.29, 0.717) is 18.0 Å². The van der Waals surface area contributed by atoms with Crippen molar-refractivity contribution in [3.05, 3.63) is 22.4 Å². The number of amides is 2. The molecule has 21 heavy (non-hydrogen) atoms. The van der Waals surface area contributed by atoms with Gasteiger partial charge in [-0.25, -0.2) is 0 Å². The molecule has 2 amide bonds. The quantitative estimate of drug-likeness (QED) is 0.865. The fourth-order valence-electron chi connectivity index (χ4n) is 2.62. The molecule has 0 radical (unpaired) electrons. The van der Waals surface area contributed by atoms with Crippen molar-refractivity contribution >= 4 is 23.2 Å². The van der Waals surface area contributed by atoms with Crippen LogP contribution in [0.5, 0.6) is 0 Å². The van der Waals surface area contributed by atoms with Gasteiger partial charge in [0.05, 0.1) is 11.4 Å². The molecule has 1 aromatic heterocycles. The Labute approximate surface area is 129 Å². The first-order valence-corrected chi connectivity index (χ1v) is 8.18.